The first-order valence-corrected chi connectivity index (χ1v) is 7.68. The molecule has 118 valence electrons. The number of hydrogen-bond donors (Lipinski definition) is 2. The molecule has 1 fully saturated rings. The monoisotopic (exact) mass is 310 g/mol. The van der Waals surface area contributed by atoms with E-state index in [0.717, 1.165) is 19.3 Å². The summed E-state index contributed by atoms with van der Waals surface area (Å²) in [6, 6.07) is 14.5. The molecule has 2 aromatic rings. The molecule has 1 aliphatic carbocycles. The first-order valence-electron chi connectivity index (χ1n) is 7.68. The van der Waals surface area contributed by atoms with Crippen molar-refractivity contribution in [3.8, 4) is 0 Å². The lowest BCUT2D eigenvalue weighted by Gasteiger charge is -2.18. The fourth-order valence-electron chi connectivity index (χ4n) is 2.62. The molecule has 5 nitrogen and oxygen atoms in total. The van der Waals surface area contributed by atoms with E-state index in [1.54, 1.807) is 0 Å². The zero-order chi connectivity index (χ0) is 16.2. The van der Waals surface area contributed by atoms with E-state index in [4.69, 9.17) is 5.11 Å². The van der Waals surface area contributed by atoms with Gasteiger partial charge in [-0.1, -0.05) is 36.4 Å². The van der Waals surface area contributed by atoms with Gasteiger partial charge in [0, 0.05) is 6.04 Å². The molecule has 1 unspecified atom stereocenters. The van der Waals surface area contributed by atoms with E-state index in [9.17, 15) is 9.59 Å². The van der Waals surface area contributed by atoms with Gasteiger partial charge in [-0.2, -0.15) is 0 Å². The van der Waals surface area contributed by atoms with Gasteiger partial charge in [-0.3, -0.25) is 4.79 Å². The summed E-state index contributed by atoms with van der Waals surface area (Å²) >= 11 is 0. The Morgan fingerprint density at radius 3 is 2.43 bits per heavy atom. The summed E-state index contributed by atoms with van der Waals surface area (Å²) in [5, 5.41) is 12.0. The first kappa shape index (κ1) is 15.2. The predicted octanol–water partition coefficient (Wildman–Crippen LogP) is 2.53. The van der Waals surface area contributed by atoms with E-state index in [1.165, 1.54) is 23.8 Å². The van der Waals surface area contributed by atoms with Crippen LogP contribution in [0.25, 0.3) is 0 Å². The molecule has 0 saturated heterocycles. The molecule has 2 N–H and O–H groups in total. The fraction of sp³-hybridized carbons (Fsp3) is 0.278. The number of carbonyl (C=O) groups excluding carboxylic acids is 1. The minimum Gasteiger partial charge on any atom is -0.477 e. The van der Waals surface area contributed by atoms with Crippen LogP contribution in [0.3, 0.4) is 0 Å². The van der Waals surface area contributed by atoms with Crippen LogP contribution < -0.4 is 5.32 Å². The normalized spacial score (nSPS) is 15.0. The van der Waals surface area contributed by atoms with Crippen LogP contribution in [0.5, 0.6) is 0 Å². The predicted molar refractivity (Wildman–Crippen MR) is 85.3 cm³/mol. The van der Waals surface area contributed by atoms with Crippen molar-refractivity contribution in [2.75, 3.05) is 0 Å². The molecule has 1 heterocycles. The van der Waals surface area contributed by atoms with Gasteiger partial charge in [0.1, 0.15) is 11.4 Å². The highest BCUT2D eigenvalue weighted by Gasteiger charge is 2.32. The average molecular weight is 310 g/mol. The van der Waals surface area contributed by atoms with Crippen molar-refractivity contribution >= 4 is 11.9 Å². The SMILES string of the molecule is O=C(O)c1cccc(C(=O)NC(Cc2ccccc2)C2CC2)n1. The van der Waals surface area contributed by atoms with Crippen molar-refractivity contribution < 1.29 is 14.7 Å². The number of carboxylic acids is 1. The van der Waals surface area contributed by atoms with Crippen molar-refractivity contribution in [2.24, 2.45) is 5.92 Å². The Morgan fingerprint density at radius 2 is 1.78 bits per heavy atom. The minimum atomic E-state index is -1.14. The topological polar surface area (TPSA) is 79.3 Å². The van der Waals surface area contributed by atoms with E-state index >= 15 is 0 Å². The van der Waals surface area contributed by atoms with Crippen molar-refractivity contribution in [1.29, 1.82) is 0 Å². The van der Waals surface area contributed by atoms with Crippen LogP contribution >= 0.6 is 0 Å². The number of amides is 1. The molecule has 5 heteroatoms. The number of carboxylic acid groups (broad SMARTS) is 1. The highest BCUT2D eigenvalue weighted by molar-refractivity contribution is 5.94. The quantitative estimate of drug-likeness (QED) is 0.859. The Morgan fingerprint density at radius 1 is 1.09 bits per heavy atom. The smallest absolute Gasteiger partial charge is 0.354 e. The molecule has 1 aliphatic rings. The standard InChI is InChI=1S/C18H18N2O3/c21-17(14-7-4-8-15(19-14)18(22)23)20-16(13-9-10-13)11-12-5-2-1-3-6-12/h1-8,13,16H,9-11H2,(H,20,21)(H,22,23). The summed E-state index contributed by atoms with van der Waals surface area (Å²) in [7, 11) is 0. The van der Waals surface area contributed by atoms with E-state index in [-0.39, 0.29) is 23.3 Å². The van der Waals surface area contributed by atoms with Gasteiger partial charge in [0.2, 0.25) is 0 Å². The van der Waals surface area contributed by atoms with Gasteiger partial charge in [-0.25, -0.2) is 9.78 Å². The van der Waals surface area contributed by atoms with Crippen molar-refractivity contribution in [1.82, 2.24) is 10.3 Å². The summed E-state index contributed by atoms with van der Waals surface area (Å²) in [6.07, 6.45) is 3.00. The summed E-state index contributed by atoms with van der Waals surface area (Å²) < 4.78 is 0. The molecule has 0 spiro atoms. The summed E-state index contributed by atoms with van der Waals surface area (Å²) in [5.74, 6) is -0.967. The lowest BCUT2D eigenvalue weighted by molar-refractivity contribution is 0.0690. The summed E-state index contributed by atoms with van der Waals surface area (Å²) in [6.45, 7) is 0. The second-order valence-corrected chi connectivity index (χ2v) is 5.82. The maximum absolute atomic E-state index is 12.4. The Bertz CT molecular complexity index is 711. The Hall–Kier alpha value is -2.69. The molecule has 1 saturated carbocycles. The number of carbonyl (C=O) groups is 2. The Kier molecular flexibility index (Phi) is 4.37. The van der Waals surface area contributed by atoms with Crippen LogP contribution in [-0.2, 0) is 6.42 Å². The van der Waals surface area contributed by atoms with Gasteiger partial charge in [-0.15, -0.1) is 0 Å². The lowest BCUT2D eigenvalue weighted by Crippen LogP contribution is -2.38. The zero-order valence-electron chi connectivity index (χ0n) is 12.6. The van der Waals surface area contributed by atoms with Gasteiger partial charge < -0.3 is 10.4 Å². The first-order chi connectivity index (χ1) is 11.1. The molecular formula is C18H18N2O3. The number of aromatic nitrogens is 1. The van der Waals surface area contributed by atoms with E-state index in [0.29, 0.717) is 5.92 Å². The Labute approximate surface area is 134 Å². The van der Waals surface area contributed by atoms with Crippen LogP contribution in [0.15, 0.2) is 48.5 Å². The maximum atomic E-state index is 12.4. The number of nitrogens with zero attached hydrogens (tertiary/aromatic N) is 1. The molecule has 1 amide bonds. The van der Waals surface area contributed by atoms with Crippen molar-refractivity contribution in [3.05, 3.63) is 65.5 Å². The summed E-state index contributed by atoms with van der Waals surface area (Å²) in [4.78, 5) is 27.2. The van der Waals surface area contributed by atoms with Gasteiger partial charge in [0.05, 0.1) is 0 Å². The molecule has 0 bridgehead atoms. The number of aromatic carboxylic acids is 1. The number of nitrogens with one attached hydrogen (secondary N) is 1. The molecule has 3 rings (SSSR count). The third-order valence-electron chi connectivity index (χ3n) is 4.01. The van der Waals surface area contributed by atoms with Crippen LogP contribution in [0.4, 0.5) is 0 Å². The van der Waals surface area contributed by atoms with Gasteiger partial charge >= 0.3 is 5.97 Å². The van der Waals surface area contributed by atoms with E-state index in [1.807, 2.05) is 30.3 Å². The molecule has 0 aliphatic heterocycles. The maximum Gasteiger partial charge on any atom is 0.354 e. The van der Waals surface area contributed by atoms with E-state index in [2.05, 4.69) is 10.3 Å². The van der Waals surface area contributed by atoms with Crippen LogP contribution in [-0.4, -0.2) is 28.0 Å². The van der Waals surface area contributed by atoms with Gasteiger partial charge in [0.25, 0.3) is 5.91 Å². The molecule has 1 atom stereocenters. The largest absolute Gasteiger partial charge is 0.477 e. The molecule has 23 heavy (non-hydrogen) atoms. The van der Waals surface area contributed by atoms with E-state index < -0.39 is 5.97 Å². The third kappa shape index (κ3) is 3.94. The summed E-state index contributed by atoms with van der Waals surface area (Å²) in [5.41, 5.74) is 1.20. The molecule has 1 aromatic heterocycles. The highest BCUT2D eigenvalue weighted by Crippen LogP contribution is 2.34. The molecule has 1 aromatic carbocycles. The number of benzene rings is 1. The number of pyridine rings is 1. The molecular weight excluding hydrogens is 292 g/mol. The number of hydrogen-bond acceptors (Lipinski definition) is 3. The second-order valence-electron chi connectivity index (χ2n) is 5.82. The van der Waals surface area contributed by atoms with Crippen LogP contribution in [0, 0.1) is 5.92 Å². The van der Waals surface area contributed by atoms with Gasteiger partial charge in [0.15, 0.2) is 0 Å². The zero-order valence-corrected chi connectivity index (χ0v) is 12.6. The second kappa shape index (κ2) is 6.60. The van der Waals surface area contributed by atoms with Crippen molar-refractivity contribution in [2.45, 2.75) is 25.3 Å². The fourth-order valence-corrected chi connectivity index (χ4v) is 2.62. The number of rotatable bonds is 6. The minimum absolute atomic E-state index is 0.0557. The van der Waals surface area contributed by atoms with Crippen LogP contribution in [0.1, 0.15) is 39.4 Å². The molecule has 0 radical (unpaired) electrons. The Balaban J connectivity index is 1.71. The average Bonchev–Trinajstić information content (AvgIpc) is 3.40. The third-order valence-corrected chi connectivity index (χ3v) is 4.01. The van der Waals surface area contributed by atoms with Crippen molar-refractivity contribution in [3.63, 3.8) is 0 Å². The van der Waals surface area contributed by atoms with Crippen LogP contribution in [0.2, 0.25) is 0 Å². The lowest BCUT2D eigenvalue weighted by atomic mass is 10.0. The highest BCUT2D eigenvalue weighted by atomic mass is 16.4. The van der Waals surface area contributed by atoms with Gasteiger partial charge in [-0.05, 0) is 42.9 Å².